The van der Waals surface area contributed by atoms with Crippen LogP contribution in [-0.4, -0.2) is 19.7 Å². The molecule has 7 nitrogen and oxygen atoms in total. The number of hydrogen-bond donors (Lipinski definition) is 1. The largest absolute Gasteiger partial charge is 0.334 e. The molecule has 2 aromatic heterocycles. The van der Waals surface area contributed by atoms with Crippen LogP contribution in [0.3, 0.4) is 0 Å². The molecule has 0 atom stereocenters. The first-order valence-corrected chi connectivity index (χ1v) is 8.97. The number of halogens is 2. The Hall–Kier alpha value is -3.33. The molecule has 140 valence electrons. The zero-order chi connectivity index (χ0) is 19.7. The first-order chi connectivity index (χ1) is 13.5. The fraction of sp³-hybridized carbons (Fsp3) is 0.0526. The quantitative estimate of drug-likeness (QED) is 0.523. The van der Waals surface area contributed by atoms with Crippen molar-refractivity contribution in [1.82, 2.24) is 19.7 Å². The van der Waals surface area contributed by atoms with Crippen LogP contribution < -0.4 is 11.2 Å². The van der Waals surface area contributed by atoms with Gasteiger partial charge < -0.3 is 4.52 Å². The molecule has 0 saturated heterocycles. The second kappa shape index (κ2) is 7.35. The minimum absolute atomic E-state index is 0.114. The summed E-state index contributed by atoms with van der Waals surface area (Å²) < 4.78 is 20.7. The maximum absolute atomic E-state index is 13.4. The molecular weight excluding hydrogens is 431 g/mol. The summed E-state index contributed by atoms with van der Waals surface area (Å²) in [5, 5.41) is 3.99. The summed E-state index contributed by atoms with van der Waals surface area (Å²) in [4.78, 5) is 29.2. The van der Waals surface area contributed by atoms with Crippen LogP contribution in [0, 0.1) is 5.82 Å². The summed E-state index contributed by atoms with van der Waals surface area (Å²) in [6.07, 6.45) is 0.888. The maximum atomic E-state index is 13.4. The van der Waals surface area contributed by atoms with Gasteiger partial charge in [0, 0.05) is 15.6 Å². The molecule has 0 amide bonds. The smallest absolute Gasteiger partial charge is 0.328 e. The molecule has 0 aliphatic rings. The van der Waals surface area contributed by atoms with E-state index in [9.17, 15) is 14.0 Å². The van der Waals surface area contributed by atoms with E-state index >= 15 is 0 Å². The Morgan fingerprint density at radius 1 is 1.04 bits per heavy atom. The zero-order valence-corrected chi connectivity index (χ0v) is 15.8. The lowest BCUT2D eigenvalue weighted by atomic mass is 10.1. The molecule has 4 rings (SSSR count). The number of nitrogens with one attached hydrogen (secondary N) is 1. The van der Waals surface area contributed by atoms with Crippen molar-refractivity contribution >= 4 is 15.9 Å². The third-order valence-corrected chi connectivity index (χ3v) is 4.58. The van der Waals surface area contributed by atoms with Crippen molar-refractivity contribution in [3.8, 4) is 22.8 Å². The Morgan fingerprint density at radius 2 is 1.71 bits per heavy atom. The second-order valence-corrected chi connectivity index (χ2v) is 6.91. The number of nitrogens with zero attached hydrogens (tertiary/aromatic N) is 3. The van der Waals surface area contributed by atoms with Crippen molar-refractivity contribution in [2.75, 3.05) is 0 Å². The molecule has 0 saturated carbocycles. The summed E-state index contributed by atoms with van der Waals surface area (Å²) in [6, 6.07) is 14.6. The van der Waals surface area contributed by atoms with Gasteiger partial charge in [0.05, 0.1) is 12.7 Å². The molecule has 0 spiro atoms. The minimum Gasteiger partial charge on any atom is -0.334 e. The molecule has 0 unspecified atom stereocenters. The van der Waals surface area contributed by atoms with Gasteiger partial charge >= 0.3 is 5.69 Å². The molecule has 0 aliphatic heterocycles. The fourth-order valence-corrected chi connectivity index (χ4v) is 2.87. The van der Waals surface area contributed by atoms with Crippen LogP contribution in [0.1, 0.15) is 5.56 Å². The van der Waals surface area contributed by atoms with Crippen LogP contribution in [-0.2, 0) is 6.54 Å². The predicted molar refractivity (Wildman–Crippen MR) is 103 cm³/mol. The van der Waals surface area contributed by atoms with Crippen molar-refractivity contribution in [2.24, 2.45) is 0 Å². The summed E-state index contributed by atoms with van der Waals surface area (Å²) in [5.41, 5.74) is 0.575. The highest BCUT2D eigenvalue weighted by atomic mass is 79.9. The monoisotopic (exact) mass is 442 g/mol. The maximum Gasteiger partial charge on any atom is 0.328 e. The van der Waals surface area contributed by atoms with Crippen LogP contribution in [0.5, 0.6) is 0 Å². The summed E-state index contributed by atoms with van der Waals surface area (Å²) in [5.74, 6) is -0.179. The molecule has 2 heterocycles. The van der Waals surface area contributed by atoms with E-state index in [0.717, 1.165) is 31.9 Å². The van der Waals surface area contributed by atoms with Gasteiger partial charge in [0.2, 0.25) is 11.6 Å². The van der Waals surface area contributed by atoms with Gasteiger partial charge in [-0.05, 0) is 29.8 Å². The van der Waals surface area contributed by atoms with E-state index in [1.54, 1.807) is 24.3 Å². The van der Waals surface area contributed by atoms with Crippen molar-refractivity contribution in [1.29, 1.82) is 0 Å². The van der Waals surface area contributed by atoms with E-state index in [-0.39, 0.29) is 6.54 Å². The van der Waals surface area contributed by atoms with E-state index in [2.05, 4.69) is 26.1 Å². The number of hydrogen-bond acceptors (Lipinski definition) is 5. The van der Waals surface area contributed by atoms with Crippen LogP contribution in [0.2, 0.25) is 0 Å². The summed E-state index contributed by atoms with van der Waals surface area (Å²) in [6.45, 7) is 0.114. The molecule has 2 aromatic carbocycles. The fourth-order valence-electron chi connectivity index (χ4n) is 2.61. The van der Waals surface area contributed by atoms with Crippen LogP contribution in [0.15, 0.2) is 73.3 Å². The zero-order valence-electron chi connectivity index (χ0n) is 14.2. The molecule has 4 aromatic rings. The van der Waals surface area contributed by atoms with Gasteiger partial charge in [-0.1, -0.05) is 45.4 Å². The SMILES string of the molecule is O=c1[nH]c(=O)n(Cc2ccc(-c3noc(-c4ccc(Br)cc4)n3)cc2)cc1F. The van der Waals surface area contributed by atoms with E-state index < -0.39 is 17.1 Å². The van der Waals surface area contributed by atoms with Crippen LogP contribution >= 0.6 is 15.9 Å². The van der Waals surface area contributed by atoms with Gasteiger partial charge in [-0.3, -0.25) is 14.3 Å². The molecule has 28 heavy (non-hydrogen) atoms. The summed E-state index contributed by atoms with van der Waals surface area (Å²) >= 11 is 3.38. The van der Waals surface area contributed by atoms with E-state index in [1.165, 1.54) is 0 Å². The number of benzene rings is 2. The minimum atomic E-state index is -1.03. The topological polar surface area (TPSA) is 93.8 Å². The Balaban J connectivity index is 1.55. The number of aromatic nitrogens is 4. The molecule has 0 radical (unpaired) electrons. The Kier molecular flexibility index (Phi) is 4.74. The first kappa shape index (κ1) is 18.1. The highest BCUT2D eigenvalue weighted by Crippen LogP contribution is 2.24. The average molecular weight is 443 g/mol. The third-order valence-electron chi connectivity index (χ3n) is 4.05. The van der Waals surface area contributed by atoms with Gasteiger partial charge in [0.1, 0.15) is 0 Å². The highest BCUT2D eigenvalue weighted by molar-refractivity contribution is 9.10. The number of H-pyrrole nitrogens is 1. The van der Waals surface area contributed by atoms with Gasteiger partial charge in [-0.2, -0.15) is 9.37 Å². The standard InChI is InChI=1S/C19H12BrFN4O3/c20-14-7-5-13(6-8-14)18-22-16(24-28-18)12-3-1-11(2-4-12)9-25-10-15(21)17(26)23-19(25)27/h1-8,10H,9H2,(H,23,26,27). The van der Waals surface area contributed by atoms with Crippen molar-refractivity contribution in [2.45, 2.75) is 6.54 Å². The van der Waals surface area contributed by atoms with E-state index in [0.29, 0.717) is 11.7 Å². The lowest BCUT2D eigenvalue weighted by Crippen LogP contribution is -2.31. The van der Waals surface area contributed by atoms with Crippen molar-refractivity contribution < 1.29 is 8.91 Å². The van der Waals surface area contributed by atoms with Gasteiger partial charge in [0.25, 0.3) is 11.4 Å². The van der Waals surface area contributed by atoms with Crippen LogP contribution in [0.4, 0.5) is 4.39 Å². The Bertz CT molecular complexity index is 1240. The van der Waals surface area contributed by atoms with Gasteiger partial charge in [0.15, 0.2) is 0 Å². The second-order valence-electron chi connectivity index (χ2n) is 5.99. The van der Waals surface area contributed by atoms with Gasteiger partial charge in [-0.15, -0.1) is 0 Å². The van der Waals surface area contributed by atoms with E-state index in [1.807, 2.05) is 29.2 Å². The van der Waals surface area contributed by atoms with Crippen molar-refractivity contribution in [3.63, 3.8) is 0 Å². The lowest BCUT2D eigenvalue weighted by Gasteiger charge is -2.05. The molecular formula is C19H12BrFN4O3. The average Bonchev–Trinajstić information content (AvgIpc) is 3.17. The molecule has 9 heteroatoms. The van der Waals surface area contributed by atoms with Crippen LogP contribution in [0.25, 0.3) is 22.8 Å². The first-order valence-electron chi connectivity index (χ1n) is 8.18. The van der Waals surface area contributed by atoms with Gasteiger partial charge in [-0.25, -0.2) is 4.79 Å². The highest BCUT2D eigenvalue weighted by Gasteiger charge is 2.11. The predicted octanol–water partition coefficient (Wildman–Crippen LogP) is 3.20. The number of rotatable bonds is 4. The summed E-state index contributed by atoms with van der Waals surface area (Å²) in [7, 11) is 0. The van der Waals surface area contributed by atoms with E-state index in [4.69, 9.17) is 4.52 Å². The third kappa shape index (κ3) is 3.70. The lowest BCUT2D eigenvalue weighted by molar-refractivity contribution is 0.432. The number of aromatic amines is 1. The van der Waals surface area contributed by atoms with Crippen molar-refractivity contribution in [3.05, 3.63) is 91.4 Å². The Labute approximate surface area is 165 Å². The Morgan fingerprint density at radius 3 is 2.43 bits per heavy atom. The molecule has 0 bridgehead atoms. The normalized spacial score (nSPS) is 10.9. The molecule has 1 N–H and O–H groups in total. The molecule has 0 fully saturated rings. The molecule has 0 aliphatic carbocycles.